The second kappa shape index (κ2) is 9.96. The van der Waals surface area contributed by atoms with E-state index in [0.717, 1.165) is 12.8 Å². The largest absolute Gasteiger partial charge is 0.493 e. The monoisotopic (exact) mass is 365 g/mol. The average Bonchev–Trinajstić information content (AvgIpc) is 2.92. The number of hydrogen-bond donors (Lipinski definition) is 2. The maximum absolute atomic E-state index is 12.4. The molecule has 8 nitrogen and oxygen atoms in total. The lowest BCUT2D eigenvalue weighted by Gasteiger charge is -2.16. The van der Waals surface area contributed by atoms with Gasteiger partial charge in [-0.25, -0.2) is 0 Å². The first kappa shape index (κ1) is 20.0. The molecule has 1 fully saturated rings. The van der Waals surface area contributed by atoms with Crippen LogP contribution in [0, 0.1) is 10.1 Å². The Hall–Kier alpha value is -2.35. The van der Waals surface area contributed by atoms with E-state index in [1.165, 1.54) is 52.0 Å². The van der Waals surface area contributed by atoms with Crippen LogP contribution in [0.15, 0.2) is 12.1 Å². The molecular formula is C18H27N3O5. The molecule has 1 aliphatic rings. The van der Waals surface area contributed by atoms with Crippen LogP contribution >= 0.6 is 0 Å². The average molecular weight is 365 g/mol. The second-order valence-electron chi connectivity index (χ2n) is 6.38. The fourth-order valence-electron chi connectivity index (χ4n) is 3.23. The molecule has 144 valence electrons. The van der Waals surface area contributed by atoms with Crippen molar-refractivity contribution in [2.75, 3.05) is 27.3 Å². The number of hydrogen-bond acceptors (Lipinski definition) is 6. The minimum absolute atomic E-state index is 0.0397. The number of nitrogens with one attached hydrogen (secondary N) is 2. The van der Waals surface area contributed by atoms with Crippen LogP contribution in [0.25, 0.3) is 0 Å². The molecule has 0 aliphatic heterocycles. The molecule has 0 saturated heterocycles. The zero-order valence-electron chi connectivity index (χ0n) is 15.4. The molecule has 1 aromatic rings. The maximum atomic E-state index is 12.4. The van der Waals surface area contributed by atoms with Crippen molar-refractivity contribution in [3.05, 3.63) is 27.8 Å². The molecule has 26 heavy (non-hydrogen) atoms. The Labute approximate surface area is 153 Å². The molecule has 1 aliphatic carbocycles. The van der Waals surface area contributed by atoms with E-state index in [0.29, 0.717) is 19.1 Å². The van der Waals surface area contributed by atoms with Crippen molar-refractivity contribution in [2.45, 2.75) is 44.6 Å². The molecule has 1 aromatic carbocycles. The highest BCUT2D eigenvalue weighted by Crippen LogP contribution is 2.34. The fraction of sp³-hybridized carbons (Fsp3) is 0.611. The number of methoxy groups -OCH3 is 2. The Kier molecular flexibility index (Phi) is 7.65. The molecule has 2 N–H and O–H groups in total. The lowest BCUT2D eigenvalue weighted by Crippen LogP contribution is -2.37. The highest BCUT2D eigenvalue weighted by molar-refractivity contribution is 5.99. The van der Waals surface area contributed by atoms with Crippen molar-refractivity contribution < 1.29 is 19.2 Å². The summed E-state index contributed by atoms with van der Waals surface area (Å²) in [6.45, 7) is 1.04. The minimum atomic E-state index is -0.597. The molecule has 0 bridgehead atoms. The number of ether oxygens (including phenoxy) is 2. The first-order valence-corrected chi connectivity index (χ1v) is 8.98. The van der Waals surface area contributed by atoms with Crippen molar-refractivity contribution >= 4 is 11.6 Å². The van der Waals surface area contributed by atoms with Crippen LogP contribution in [-0.4, -0.2) is 44.2 Å². The van der Waals surface area contributed by atoms with Gasteiger partial charge in [-0.1, -0.05) is 25.7 Å². The third-order valence-corrected chi connectivity index (χ3v) is 4.64. The molecule has 0 aromatic heterocycles. The number of nitro groups is 1. The van der Waals surface area contributed by atoms with Gasteiger partial charge in [-0.15, -0.1) is 0 Å². The lowest BCUT2D eigenvalue weighted by molar-refractivity contribution is -0.385. The van der Waals surface area contributed by atoms with E-state index in [2.05, 4.69) is 10.6 Å². The van der Waals surface area contributed by atoms with Crippen LogP contribution in [0.5, 0.6) is 11.5 Å². The highest BCUT2D eigenvalue weighted by Gasteiger charge is 2.24. The Bertz CT molecular complexity index is 627. The number of carbonyl (C=O) groups is 1. The number of rotatable bonds is 8. The summed E-state index contributed by atoms with van der Waals surface area (Å²) < 4.78 is 10.2. The lowest BCUT2D eigenvalue weighted by atomic mass is 10.1. The topological polar surface area (TPSA) is 103 Å². The predicted molar refractivity (Wildman–Crippen MR) is 98.0 cm³/mol. The van der Waals surface area contributed by atoms with Gasteiger partial charge in [-0.05, 0) is 12.8 Å². The summed E-state index contributed by atoms with van der Waals surface area (Å²) in [7, 11) is 2.81. The third kappa shape index (κ3) is 5.32. The van der Waals surface area contributed by atoms with Crippen LogP contribution in [0.3, 0.4) is 0 Å². The van der Waals surface area contributed by atoms with E-state index in [4.69, 9.17) is 9.47 Å². The molecule has 1 amide bonds. The van der Waals surface area contributed by atoms with E-state index in [1.807, 2.05) is 0 Å². The van der Waals surface area contributed by atoms with E-state index >= 15 is 0 Å². The van der Waals surface area contributed by atoms with E-state index in [9.17, 15) is 14.9 Å². The van der Waals surface area contributed by atoms with Crippen LogP contribution in [0.1, 0.15) is 48.9 Å². The molecular weight excluding hydrogens is 338 g/mol. The van der Waals surface area contributed by atoms with Gasteiger partial charge in [0.05, 0.1) is 25.2 Å². The minimum Gasteiger partial charge on any atom is -0.493 e. The molecule has 0 heterocycles. The van der Waals surface area contributed by atoms with Crippen molar-refractivity contribution in [2.24, 2.45) is 0 Å². The van der Waals surface area contributed by atoms with Crippen LogP contribution in [0.4, 0.5) is 5.69 Å². The molecule has 2 rings (SSSR count). The fourth-order valence-corrected chi connectivity index (χ4v) is 3.23. The van der Waals surface area contributed by atoms with E-state index in [1.54, 1.807) is 0 Å². The molecule has 0 radical (unpaired) electrons. The summed E-state index contributed by atoms with van der Waals surface area (Å²) in [6.07, 6.45) is 7.38. The number of nitro benzene ring substituents is 1. The number of amides is 1. The van der Waals surface area contributed by atoms with Gasteiger partial charge in [-0.3, -0.25) is 14.9 Å². The van der Waals surface area contributed by atoms with Gasteiger partial charge < -0.3 is 20.1 Å². The van der Waals surface area contributed by atoms with Gasteiger partial charge in [-0.2, -0.15) is 0 Å². The van der Waals surface area contributed by atoms with Gasteiger partial charge in [0.1, 0.15) is 5.56 Å². The Morgan fingerprint density at radius 3 is 2.31 bits per heavy atom. The van der Waals surface area contributed by atoms with Gasteiger partial charge in [0, 0.05) is 25.2 Å². The summed E-state index contributed by atoms with van der Waals surface area (Å²) in [5, 5.41) is 17.5. The molecule has 1 saturated carbocycles. The quantitative estimate of drug-likeness (QED) is 0.318. The third-order valence-electron chi connectivity index (χ3n) is 4.64. The molecule has 8 heteroatoms. The first-order chi connectivity index (χ1) is 12.6. The maximum Gasteiger partial charge on any atom is 0.286 e. The molecule has 0 spiro atoms. The Morgan fingerprint density at radius 1 is 1.12 bits per heavy atom. The van der Waals surface area contributed by atoms with Gasteiger partial charge in [0.15, 0.2) is 11.5 Å². The van der Waals surface area contributed by atoms with Gasteiger partial charge in [0.2, 0.25) is 0 Å². The van der Waals surface area contributed by atoms with Crippen LogP contribution in [0.2, 0.25) is 0 Å². The van der Waals surface area contributed by atoms with E-state index < -0.39 is 10.8 Å². The zero-order chi connectivity index (χ0) is 18.9. The van der Waals surface area contributed by atoms with Crippen molar-refractivity contribution in [1.29, 1.82) is 0 Å². The standard InChI is InChI=1S/C18H27N3O5/c1-25-16-11-14(15(21(23)24)12-17(16)26-2)18(22)20-10-9-19-13-7-5-3-4-6-8-13/h11-13,19H,3-10H2,1-2H3,(H,20,22). The Balaban J connectivity index is 1.96. The normalized spacial score (nSPS) is 15.2. The Morgan fingerprint density at radius 2 is 1.73 bits per heavy atom. The summed E-state index contributed by atoms with van der Waals surface area (Å²) in [5.41, 5.74) is -0.348. The van der Waals surface area contributed by atoms with Crippen molar-refractivity contribution in [1.82, 2.24) is 10.6 Å². The van der Waals surface area contributed by atoms with Crippen LogP contribution < -0.4 is 20.1 Å². The smallest absolute Gasteiger partial charge is 0.286 e. The van der Waals surface area contributed by atoms with Gasteiger partial charge >= 0.3 is 0 Å². The molecule has 0 unspecified atom stereocenters. The van der Waals surface area contributed by atoms with E-state index in [-0.39, 0.29) is 22.7 Å². The first-order valence-electron chi connectivity index (χ1n) is 8.98. The number of carbonyl (C=O) groups excluding carboxylic acids is 1. The number of benzene rings is 1. The van der Waals surface area contributed by atoms with Gasteiger partial charge in [0.25, 0.3) is 11.6 Å². The second-order valence-corrected chi connectivity index (χ2v) is 6.38. The molecule has 0 atom stereocenters. The highest BCUT2D eigenvalue weighted by atomic mass is 16.6. The van der Waals surface area contributed by atoms with Crippen molar-refractivity contribution in [3.63, 3.8) is 0 Å². The SMILES string of the molecule is COc1cc(C(=O)NCCNC2CCCCCC2)c([N+](=O)[O-])cc1OC. The summed E-state index contributed by atoms with van der Waals surface area (Å²) >= 11 is 0. The zero-order valence-corrected chi connectivity index (χ0v) is 15.4. The van der Waals surface area contributed by atoms with Crippen molar-refractivity contribution in [3.8, 4) is 11.5 Å². The summed E-state index contributed by atoms with van der Waals surface area (Å²) in [5.74, 6) is -0.00840. The predicted octanol–water partition coefficient (Wildman–Crippen LogP) is 2.65. The number of nitrogens with zero attached hydrogens (tertiary/aromatic N) is 1. The summed E-state index contributed by atoms with van der Waals surface area (Å²) in [6, 6.07) is 3.03. The summed E-state index contributed by atoms with van der Waals surface area (Å²) in [4.78, 5) is 23.1. The van der Waals surface area contributed by atoms with Crippen LogP contribution in [-0.2, 0) is 0 Å².